The molecule has 60 heavy (non-hydrogen) atoms. The Balaban J connectivity index is 1.22. The molecule has 1 N–H and O–H groups in total. The molecule has 0 atom stereocenters. The number of aryl methyl sites for hydroxylation is 1. The molecule has 0 saturated heterocycles. The van der Waals surface area contributed by atoms with Crippen LogP contribution in [0.4, 0.5) is 11.4 Å². The van der Waals surface area contributed by atoms with E-state index in [1.54, 1.807) is 0 Å². The number of hydrogen-bond acceptors (Lipinski definition) is 3. The van der Waals surface area contributed by atoms with Gasteiger partial charge in [-0.25, -0.2) is 0 Å². The molecule has 0 fully saturated rings. The van der Waals surface area contributed by atoms with Gasteiger partial charge in [0.05, 0.1) is 5.52 Å². The van der Waals surface area contributed by atoms with Crippen LogP contribution in [0.2, 0.25) is 0 Å². The van der Waals surface area contributed by atoms with Crippen LogP contribution in [0, 0.1) is 6.92 Å². The Kier molecular flexibility index (Phi) is 7.84. The molecule has 3 nitrogen and oxygen atoms in total. The molecule has 1 aliphatic heterocycles. The Hall–Kier alpha value is -5.78. The predicted octanol–water partition coefficient (Wildman–Crippen LogP) is 14.4. The Bertz CT molecular complexity index is 3430. The van der Waals surface area contributed by atoms with E-state index in [1.165, 1.54) is 97.4 Å². The molecular weight excluding hydrogens is 747 g/mol. The highest BCUT2D eigenvalue weighted by molar-refractivity contribution is 7.25. The van der Waals surface area contributed by atoms with Crippen LogP contribution in [0.3, 0.4) is 0 Å². The van der Waals surface area contributed by atoms with Gasteiger partial charge in [0.2, 0.25) is 0 Å². The summed E-state index contributed by atoms with van der Waals surface area (Å²) < 4.78 is 11.7. The first-order valence-corrected chi connectivity index (χ1v) is 22.3. The second-order valence-electron chi connectivity index (χ2n) is 20.4. The van der Waals surface area contributed by atoms with Crippen LogP contribution < -0.4 is 16.2 Å². The van der Waals surface area contributed by atoms with Gasteiger partial charge in [-0.2, -0.15) is 0 Å². The molecule has 0 bridgehead atoms. The minimum Gasteiger partial charge on any atom is -0.456 e. The first-order chi connectivity index (χ1) is 28.5. The summed E-state index contributed by atoms with van der Waals surface area (Å²) in [5, 5.41) is 11.5. The Morgan fingerprint density at radius 3 is 2.00 bits per heavy atom. The number of rotatable bonds is 3. The molecule has 0 aliphatic carbocycles. The quantitative estimate of drug-likeness (QED) is 0.180. The summed E-state index contributed by atoms with van der Waals surface area (Å²) in [5.74, 6) is 0. The summed E-state index contributed by atoms with van der Waals surface area (Å²) in [7, 11) is 0.847. The first-order valence-electron chi connectivity index (χ1n) is 21.5. The second kappa shape index (κ2) is 12.6. The number of hydrogen-bond donors (Lipinski definition) is 1. The van der Waals surface area contributed by atoms with Gasteiger partial charge in [-0.15, -0.1) is 11.3 Å². The van der Waals surface area contributed by atoms with Crippen molar-refractivity contribution in [1.29, 1.82) is 0 Å². The van der Waals surface area contributed by atoms with Gasteiger partial charge >= 0.3 is 0 Å². The van der Waals surface area contributed by atoms with Crippen molar-refractivity contribution in [2.75, 3.05) is 5.32 Å². The zero-order valence-electron chi connectivity index (χ0n) is 36.4. The van der Waals surface area contributed by atoms with Crippen molar-refractivity contribution >= 4 is 105 Å². The van der Waals surface area contributed by atoms with Crippen molar-refractivity contribution in [3.8, 4) is 16.8 Å². The molecule has 7 aromatic carbocycles. The van der Waals surface area contributed by atoms with Crippen molar-refractivity contribution in [2.45, 2.75) is 85.5 Å². The van der Waals surface area contributed by atoms with Gasteiger partial charge in [0.1, 0.15) is 11.2 Å². The number of furan rings is 1. The number of fused-ring (bicyclic) bond motifs is 11. The van der Waals surface area contributed by atoms with Crippen molar-refractivity contribution in [3.05, 3.63) is 138 Å². The smallest absolute Gasteiger partial charge is 0.198 e. The lowest BCUT2D eigenvalue weighted by molar-refractivity contribution is 0.590. The standard InChI is InChI=1S/C55H51BN2OS/c1-30-23-40(37-28-49-39(36-21-17-33(55(8,9)10)25-48(36)60-49)27-43(37)57-34-19-15-31(16-20-34)53(2,3)4)51-52-50(30)41-26-38-35-13-11-12-14-46(35)59-47(38)29-45(41)58(52)44-22-18-32(54(5,6)7)24-42(44)56-51/h11-29,56-57H,1-10H3. The number of anilines is 2. The Morgan fingerprint density at radius 1 is 0.567 bits per heavy atom. The minimum atomic E-state index is 0.0264. The van der Waals surface area contributed by atoms with Gasteiger partial charge in [0, 0.05) is 75.9 Å². The monoisotopic (exact) mass is 798 g/mol. The maximum atomic E-state index is 6.55. The van der Waals surface area contributed by atoms with Crippen molar-refractivity contribution in [3.63, 3.8) is 0 Å². The van der Waals surface area contributed by atoms with E-state index in [0.717, 1.165) is 35.2 Å². The molecule has 0 saturated carbocycles. The SMILES string of the molecule is Cc1cc(-c2cc3sc4cc(C(C)(C)C)ccc4c3cc2Nc2ccc(C(C)(C)C)cc2)c2c3c1c1cc4c(cc1n3-c1ccc(C(C)(C)C)cc1B2)oc1ccccc14. The van der Waals surface area contributed by atoms with Gasteiger partial charge in [0.25, 0.3) is 0 Å². The lowest BCUT2D eigenvalue weighted by Crippen LogP contribution is -2.38. The van der Waals surface area contributed by atoms with E-state index in [-0.39, 0.29) is 16.2 Å². The molecule has 0 unspecified atom stereocenters. The number of aromatic nitrogens is 1. The summed E-state index contributed by atoms with van der Waals surface area (Å²) in [5.41, 5.74) is 18.6. The summed E-state index contributed by atoms with van der Waals surface area (Å²) in [4.78, 5) is 0. The molecule has 296 valence electrons. The van der Waals surface area contributed by atoms with Gasteiger partial charge in [0.15, 0.2) is 7.28 Å². The Morgan fingerprint density at radius 2 is 1.25 bits per heavy atom. The van der Waals surface area contributed by atoms with Gasteiger partial charge in [-0.3, -0.25) is 0 Å². The number of nitrogens with zero attached hydrogens (tertiary/aromatic N) is 1. The topological polar surface area (TPSA) is 30.1 Å². The molecule has 1 aliphatic rings. The maximum Gasteiger partial charge on any atom is 0.198 e. The summed E-state index contributed by atoms with van der Waals surface area (Å²) in [6.45, 7) is 23.0. The van der Waals surface area contributed by atoms with Crippen LogP contribution in [-0.2, 0) is 16.2 Å². The van der Waals surface area contributed by atoms with Crippen molar-refractivity contribution < 1.29 is 4.42 Å². The van der Waals surface area contributed by atoms with Crippen molar-refractivity contribution in [1.82, 2.24) is 4.57 Å². The number of benzene rings is 7. The fourth-order valence-electron chi connectivity index (χ4n) is 9.79. The average Bonchev–Trinajstić information content (AvgIpc) is 3.86. The second-order valence-corrected chi connectivity index (χ2v) is 21.5. The highest BCUT2D eigenvalue weighted by Crippen LogP contribution is 2.46. The first kappa shape index (κ1) is 37.2. The van der Waals surface area contributed by atoms with Crippen LogP contribution in [0.15, 0.2) is 120 Å². The van der Waals surface area contributed by atoms with Crippen molar-refractivity contribution in [2.24, 2.45) is 0 Å². The number of nitrogens with one attached hydrogen (secondary N) is 1. The molecule has 11 rings (SSSR count). The largest absolute Gasteiger partial charge is 0.456 e. The average molecular weight is 799 g/mol. The summed E-state index contributed by atoms with van der Waals surface area (Å²) in [6, 6.07) is 43.8. The molecule has 4 heterocycles. The summed E-state index contributed by atoms with van der Waals surface area (Å²) in [6.07, 6.45) is 0. The number of para-hydroxylation sites is 1. The predicted molar refractivity (Wildman–Crippen MR) is 263 cm³/mol. The van der Waals surface area contributed by atoms with Gasteiger partial charge in [-0.1, -0.05) is 128 Å². The van der Waals surface area contributed by atoms with E-state index in [4.69, 9.17) is 4.42 Å². The van der Waals surface area contributed by atoms with E-state index >= 15 is 0 Å². The maximum absolute atomic E-state index is 6.55. The lowest BCUT2D eigenvalue weighted by atomic mass is 9.58. The van der Waals surface area contributed by atoms with E-state index in [9.17, 15) is 0 Å². The zero-order valence-corrected chi connectivity index (χ0v) is 37.3. The molecule has 3 aromatic heterocycles. The third-order valence-electron chi connectivity index (χ3n) is 13.2. The minimum absolute atomic E-state index is 0.0264. The fourth-order valence-corrected chi connectivity index (χ4v) is 11.0. The highest BCUT2D eigenvalue weighted by Gasteiger charge is 2.30. The van der Waals surface area contributed by atoms with E-state index in [0.29, 0.717) is 0 Å². The van der Waals surface area contributed by atoms with E-state index in [2.05, 4.69) is 194 Å². The molecule has 10 aromatic rings. The number of thiophene rings is 1. The third kappa shape index (κ3) is 5.69. The molecule has 0 spiro atoms. The third-order valence-corrected chi connectivity index (χ3v) is 14.3. The van der Waals surface area contributed by atoms with Crippen LogP contribution in [0.25, 0.3) is 80.7 Å². The van der Waals surface area contributed by atoms with Crippen LogP contribution in [0.5, 0.6) is 0 Å². The zero-order chi connectivity index (χ0) is 41.6. The lowest BCUT2D eigenvalue weighted by Gasteiger charge is -2.27. The van der Waals surface area contributed by atoms with Crippen LogP contribution in [-0.4, -0.2) is 11.8 Å². The van der Waals surface area contributed by atoms with E-state index in [1.807, 2.05) is 11.3 Å². The van der Waals surface area contributed by atoms with Crippen LogP contribution >= 0.6 is 11.3 Å². The fraction of sp³-hybridized carbons (Fsp3) is 0.236. The van der Waals surface area contributed by atoms with E-state index < -0.39 is 0 Å². The van der Waals surface area contributed by atoms with Gasteiger partial charge in [-0.05, 0) is 105 Å². The molecule has 0 radical (unpaired) electrons. The molecule has 0 amide bonds. The van der Waals surface area contributed by atoms with Crippen LogP contribution in [0.1, 0.15) is 84.6 Å². The molecule has 5 heteroatoms. The normalized spacial score (nSPS) is 13.3. The highest BCUT2D eigenvalue weighted by atomic mass is 32.1. The molecular formula is C55H51BN2OS. The summed E-state index contributed by atoms with van der Waals surface area (Å²) >= 11 is 1.92. The van der Waals surface area contributed by atoms with Gasteiger partial charge < -0.3 is 14.3 Å². The Labute approximate surface area is 357 Å².